The first kappa shape index (κ1) is 26.0. The second-order valence-electron chi connectivity index (χ2n) is 11.3. The van der Waals surface area contributed by atoms with Crippen LogP contribution in [0.2, 0.25) is 0 Å². The Labute approximate surface area is 192 Å². The van der Waals surface area contributed by atoms with Crippen LogP contribution in [0, 0.1) is 17.3 Å². The van der Waals surface area contributed by atoms with Crippen LogP contribution in [0.4, 0.5) is 5.69 Å². The third kappa shape index (κ3) is 9.02. The van der Waals surface area contributed by atoms with Gasteiger partial charge >= 0.3 is 0 Å². The summed E-state index contributed by atoms with van der Waals surface area (Å²) in [6, 6.07) is 9.69. The van der Waals surface area contributed by atoms with Crippen LogP contribution < -0.4 is 15.4 Å². The number of rotatable bonds is 11. The van der Waals surface area contributed by atoms with Crippen LogP contribution in [0.5, 0.6) is 5.75 Å². The van der Waals surface area contributed by atoms with E-state index in [-0.39, 0.29) is 5.41 Å². The first-order valence-corrected chi connectivity index (χ1v) is 12.6. The van der Waals surface area contributed by atoms with Gasteiger partial charge in [0.1, 0.15) is 5.75 Å². The van der Waals surface area contributed by atoms with Crippen LogP contribution in [0.25, 0.3) is 0 Å². The summed E-state index contributed by atoms with van der Waals surface area (Å²) in [6.45, 7) is 21.0. The van der Waals surface area contributed by atoms with E-state index in [4.69, 9.17) is 10.5 Å². The zero-order chi connectivity index (χ0) is 23.0. The van der Waals surface area contributed by atoms with Gasteiger partial charge in [0.05, 0.1) is 6.61 Å². The van der Waals surface area contributed by atoms with Gasteiger partial charge in [0.15, 0.2) is 0 Å². The molecule has 1 heterocycles. The average molecular weight is 432 g/mol. The van der Waals surface area contributed by atoms with Crippen LogP contribution >= 0.6 is 0 Å². The van der Waals surface area contributed by atoms with E-state index in [1.54, 1.807) is 0 Å². The SMILES string of the molecule is CCC(C)[C@H](N)CN1CCC(N(CCC(C)C)c2ccc(OCC(C)(C)C)cc2)CC1. The highest BCUT2D eigenvalue weighted by atomic mass is 16.5. The van der Waals surface area contributed by atoms with Crippen molar-refractivity contribution >= 4 is 5.69 Å². The second kappa shape index (κ2) is 12.1. The molecule has 1 aromatic rings. The topological polar surface area (TPSA) is 41.7 Å². The van der Waals surface area contributed by atoms with Crippen molar-refractivity contribution in [2.45, 2.75) is 86.2 Å². The van der Waals surface area contributed by atoms with Crippen LogP contribution in [-0.2, 0) is 0 Å². The predicted octanol–water partition coefficient (Wildman–Crippen LogP) is 5.80. The Morgan fingerprint density at radius 2 is 1.71 bits per heavy atom. The van der Waals surface area contributed by atoms with E-state index in [9.17, 15) is 0 Å². The fraction of sp³-hybridized carbons (Fsp3) is 0.778. The molecular formula is C27H49N3O. The molecule has 1 aliphatic rings. The molecule has 4 heteroatoms. The van der Waals surface area contributed by atoms with Crippen molar-refractivity contribution in [3.63, 3.8) is 0 Å². The van der Waals surface area contributed by atoms with E-state index in [1.807, 2.05) is 0 Å². The van der Waals surface area contributed by atoms with Crippen molar-refractivity contribution in [3.8, 4) is 5.75 Å². The molecule has 2 N–H and O–H groups in total. The Morgan fingerprint density at radius 1 is 1.10 bits per heavy atom. The molecule has 1 aliphatic heterocycles. The van der Waals surface area contributed by atoms with E-state index >= 15 is 0 Å². The van der Waals surface area contributed by atoms with Crippen molar-refractivity contribution in [2.24, 2.45) is 23.0 Å². The second-order valence-corrected chi connectivity index (χ2v) is 11.3. The van der Waals surface area contributed by atoms with Gasteiger partial charge in [-0.05, 0) is 60.8 Å². The lowest BCUT2D eigenvalue weighted by molar-refractivity contribution is 0.183. The molecule has 178 valence electrons. The van der Waals surface area contributed by atoms with Crippen molar-refractivity contribution in [1.82, 2.24) is 4.90 Å². The molecular weight excluding hydrogens is 382 g/mol. The summed E-state index contributed by atoms with van der Waals surface area (Å²) in [6.07, 6.45) is 4.82. The largest absolute Gasteiger partial charge is 0.493 e. The number of piperidine rings is 1. The molecule has 1 fully saturated rings. The van der Waals surface area contributed by atoms with Crippen LogP contribution in [-0.4, -0.2) is 49.8 Å². The van der Waals surface area contributed by atoms with E-state index in [0.717, 1.165) is 45.0 Å². The minimum absolute atomic E-state index is 0.174. The van der Waals surface area contributed by atoms with Gasteiger partial charge in [-0.2, -0.15) is 0 Å². The Hall–Kier alpha value is -1.26. The van der Waals surface area contributed by atoms with E-state index < -0.39 is 0 Å². The molecule has 0 aromatic heterocycles. The van der Waals surface area contributed by atoms with E-state index in [2.05, 4.69) is 82.5 Å². The third-order valence-corrected chi connectivity index (χ3v) is 6.63. The lowest BCUT2D eigenvalue weighted by Crippen LogP contribution is -2.49. The third-order valence-electron chi connectivity index (χ3n) is 6.63. The number of hydrogen-bond donors (Lipinski definition) is 1. The standard InChI is InChI=1S/C27H49N3O/c1-8-22(4)26(28)19-29-16-14-24(15-17-29)30(18-13-21(2)3)23-9-11-25(12-10-23)31-20-27(5,6)7/h9-12,21-22,24,26H,8,13-20,28H2,1-7H3/t22?,26-/m1/s1. The van der Waals surface area contributed by atoms with E-state index in [1.165, 1.54) is 24.9 Å². The minimum Gasteiger partial charge on any atom is -0.493 e. The van der Waals surface area contributed by atoms with Crippen molar-refractivity contribution in [1.29, 1.82) is 0 Å². The van der Waals surface area contributed by atoms with Gasteiger partial charge in [-0.1, -0.05) is 54.9 Å². The monoisotopic (exact) mass is 431 g/mol. The van der Waals surface area contributed by atoms with Crippen molar-refractivity contribution < 1.29 is 4.74 Å². The van der Waals surface area contributed by atoms with Crippen LogP contribution in [0.3, 0.4) is 0 Å². The molecule has 0 amide bonds. The molecule has 31 heavy (non-hydrogen) atoms. The van der Waals surface area contributed by atoms with Gasteiger partial charge in [0, 0.05) is 44.0 Å². The molecule has 1 aromatic carbocycles. The summed E-state index contributed by atoms with van der Waals surface area (Å²) in [4.78, 5) is 5.23. The average Bonchev–Trinajstić information content (AvgIpc) is 2.73. The molecule has 0 spiro atoms. The highest BCUT2D eigenvalue weighted by Crippen LogP contribution is 2.28. The highest BCUT2D eigenvalue weighted by molar-refractivity contribution is 5.50. The molecule has 4 nitrogen and oxygen atoms in total. The molecule has 0 aliphatic carbocycles. The molecule has 0 bridgehead atoms. The van der Waals surface area contributed by atoms with Crippen LogP contribution in [0.1, 0.15) is 74.1 Å². The summed E-state index contributed by atoms with van der Waals surface area (Å²) in [5.41, 5.74) is 7.93. The van der Waals surface area contributed by atoms with Gasteiger partial charge in [0.25, 0.3) is 0 Å². The molecule has 0 saturated carbocycles. The first-order valence-electron chi connectivity index (χ1n) is 12.6. The van der Waals surface area contributed by atoms with E-state index in [0.29, 0.717) is 23.9 Å². The molecule has 1 saturated heterocycles. The number of hydrogen-bond acceptors (Lipinski definition) is 4. The number of benzene rings is 1. The van der Waals surface area contributed by atoms with Gasteiger partial charge in [0.2, 0.25) is 0 Å². The van der Waals surface area contributed by atoms with Gasteiger partial charge in [-0.25, -0.2) is 0 Å². The Morgan fingerprint density at radius 3 is 2.23 bits per heavy atom. The summed E-state index contributed by atoms with van der Waals surface area (Å²) >= 11 is 0. The number of nitrogens with zero attached hydrogens (tertiary/aromatic N) is 2. The lowest BCUT2D eigenvalue weighted by atomic mass is 9.97. The quantitative estimate of drug-likeness (QED) is 0.481. The maximum absolute atomic E-state index is 6.43. The number of likely N-dealkylation sites (tertiary alicyclic amines) is 1. The fourth-order valence-corrected chi connectivity index (χ4v) is 4.15. The van der Waals surface area contributed by atoms with Gasteiger partial charge < -0.3 is 20.3 Å². The highest BCUT2D eigenvalue weighted by Gasteiger charge is 2.26. The summed E-state index contributed by atoms with van der Waals surface area (Å²) in [7, 11) is 0. The molecule has 2 atom stereocenters. The van der Waals surface area contributed by atoms with Crippen LogP contribution in [0.15, 0.2) is 24.3 Å². The van der Waals surface area contributed by atoms with Crippen molar-refractivity contribution in [3.05, 3.63) is 24.3 Å². The van der Waals surface area contributed by atoms with Gasteiger partial charge in [-0.3, -0.25) is 0 Å². The number of nitrogens with two attached hydrogens (primary N) is 1. The summed E-state index contributed by atoms with van der Waals surface area (Å²) < 4.78 is 5.99. The minimum atomic E-state index is 0.174. The zero-order valence-corrected chi connectivity index (χ0v) is 21.4. The van der Waals surface area contributed by atoms with Crippen molar-refractivity contribution in [2.75, 3.05) is 37.7 Å². The number of ether oxygens (including phenoxy) is 1. The smallest absolute Gasteiger partial charge is 0.119 e. The molecule has 0 radical (unpaired) electrons. The Kier molecular flexibility index (Phi) is 10.2. The predicted molar refractivity (Wildman–Crippen MR) is 135 cm³/mol. The fourth-order valence-electron chi connectivity index (χ4n) is 4.15. The zero-order valence-electron chi connectivity index (χ0n) is 21.4. The normalized spacial score (nSPS) is 18.2. The molecule has 1 unspecified atom stereocenters. The lowest BCUT2D eigenvalue weighted by Gasteiger charge is -2.41. The Bertz CT molecular complexity index is 614. The number of anilines is 1. The summed E-state index contributed by atoms with van der Waals surface area (Å²) in [5.74, 6) is 2.28. The maximum Gasteiger partial charge on any atom is 0.119 e. The Balaban J connectivity index is 1.99. The molecule has 2 rings (SSSR count). The van der Waals surface area contributed by atoms with Gasteiger partial charge in [-0.15, -0.1) is 0 Å². The maximum atomic E-state index is 6.43. The first-order chi connectivity index (χ1) is 14.6. The summed E-state index contributed by atoms with van der Waals surface area (Å²) in [5, 5.41) is 0.